The van der Waals surface area contributed by atoms with Crippen molar-refractivity contribution in [3.8, 4) is 12.3 Å². The van der Waals surface area contributed by atoms with E-state index in [4.69, 9.17) is 12.2 Å². The van der Waals surface area contributed by atoms with Gasteiger partial charge in [0.2, 0.25) is 0 Å². The second-order valence-corrected chi connectivity index (χ2v) is 5.80. The van der Waals surface area contributed by atoms with Crippen molar-refractivity contribution < 1.29 is 22.5 Å². The van der Waals surface area contributed by atoms with Crippen molar-refractivity contribution in [2.45, 2.75) is 24.5 Å². The Morgan fingerprint density at radius 2 is 2.10 bits per heavy atom. The fraction of sp³-hybridized carbons (Fsp3) is 0.333. The van der Waals surface area contributed by atoms with Gasteiger partial charge in [0.1, 0.15) is 6.17 Å². The van der Waals surface area contributed by atoms with Crippen molar-refractivity contribution in [1.29, 1.82) is 0 Å². The first kappa shape index (κ1) is 14.9. The van der Waals surface area contributed by atoms with Gasteiger partial charge in [-0.05, 0) is 17.0 Å². The molecule has 0 fully saturated rings. The first-order chi connectivity index (χ1) is 9.18. The van der Waals surface area contributed by atoms with Crippen molar-refractivity contribution in [2.24, 2.45) is 5.73 Å². The molecular weight excluding hydrogens is 287 g/mol. The molecule has 6 nitrogen and oxygen atoms in total. The highest BCUT2D eigenvalue weighted by molar-refractivity contribution is 7.83. The highest BCUT2D eigenvalue weighted by Gasteiger charge is 2.49. The number of hydrogen-bond acceptors (Lipinski definition) is 4. The molecule has 0 spiro atoms. The zero-order valence-corrected chi connectivity index (χ0v) is 11.1. The molecule has 20 heavy (non-hydrogen) atoms. The first-order valence-electron chi connectivity index (χ1n) is 5.66. The number of hydrogen-bond donors (Lipinski definition) is 3. The lowest BCUT2D eigenvalue weighted by Crippen LogP contribution is -2.59. The van der Waals surface area contributed by atoms with Gasteiger partial charge in [-0.1, -0.05) is 24.3 Å². The van der Waals surface area contributed by atoms with Gasteiger partial charge >= 0.3 is 10.3 Å². The van der Waals surface area contributed by atoms with Crippen molar-refractivity contribution in [1.82, 2.24) is 4.31 Å². The van der Waals surface area contributed by atoms with Gasteiger partial charge in [0.05, 0.1) is 6.04 Å². The van der Waals surface area contributed by atoms with Crippen LogP contribution >= 0.6 is 0 Å². The second kappa shape index (κ2) is 4.80. The van der Waals surface area contributed by atoms with Gasteiger partial charge in [0, 0.05) is 6.42 Å². The van der Waals surface area contributed by atoms with Crippen LogP contribution in [0.25, 0.3) is 0 Å². The average molecular weight is 300 g/mol. The summed E-state index contributed by atoms with van der Waals surface area (Å²) >= 11 is 0. The molecule has 1 aliphatic rings. The number of alkyl halides is 1. The maximum Gasteiger partial charge on any atom is 0.340 e. The Morgan fingerprint density at radius 3 is 2.65 bits per heavy atom. The van der Waals surface area contributed by atoms with E-state index >= 15 is 0 Å². The molecular formula is C12H13FN2O4S. The minimum Gasteiger partial charge on any atom is -0.352 e. The van der Waals surface area contributed by atoms with E-state index in [0.29, 0.717) is 11.1 Å². The van der Waals surface area contributed by atoms with E-state index in [2.05, 4.69) is 0 Å². The Labute approximate surface area is 115 Å². The number of nitrogens with two attached hydrogens (primary N) is 1. The van der Waals surface area contributed by atoms with Crippen molar-refractivity contribution in [2.75, 3.05) is 0 Å². The molecule has 0 bridgehead atoms. The standard InChI is InChI=1S/C12H13FN2O4S/c1-2-12(14,16)15(20(17,18)19)11-9-6-4-3-5-8(9)7-10(11)13/h1,3-6,10-11,16H,7,14H2,(H,17,18,19). The molecule has 108 valence electrons. The summed E-state index contributed by atoms with van der Waals surface area (Å²) in [4.78, 5) is 0. The Bertz CT molecular complexity index is 668. The van der Waals surface area contributed by atoms with E-state index in [1.54, 1.807) is 24.1 Å². The van der Waals surface area contributed by atoms with Crippen LogP contribution in [0.1, 0.15) is 17.2 Å². The number of benzene rings is 1. The summed E-state index contributed by atoms with van der Waals surface area (Å²) in [5.41, 5.74) is 6.15. The molecule has 0 saturated heterocycles. The molecule has 0 aliphatic heterocycles. The number of aliphatic hydroxyl groups is 1. The highest BCUT2D eigenvalue weighted by Crippen LogP contribution is 2.40. The summed E-state index contributed by atoms with van der Waals surface area (Å²) in [6, 6.07) is 4.88. The molecule has 3 unspecified atom stereocenters. The second-order valence-electron chi connectivity index (χ2n) is 4.51. The molecule has 4 N–H and O–H groups in total. The number of terminal acetylenes is 1. The van der Waals surface area contributed by atoms with E-state index in [-0.39, 0.29) is 10.7 Å². The minimum atomic E-state index is -5.02. The lowest BCUT2D eigenvalue weighted by Gasteiger charge is -2.34. The van der Waals surface area contributed by atoms with Gasteiger partial charge in [0.15, 0.2) is 0 Å². The SMILES string of the molecule is C#CC(N)(O)N(C1c2ccccc2CC1F)S(=O)(=O)O. The molecule has 0 saturated carbocycles. The molecule has 2 rings (SSSR count). The number of fused-ring (bicyclic) bond motifs is 1. The van der Waals surface area contributed by atoms with E-state index in [1.165, 1.54) is 6.07 Å². The molecule has 0 aromatic heterocycles. The normalized spacial score (nSPS) is 25.0. The third kappa shape index (κ3) is 2.42. The van der Waals surface area contributed by atoms with Crippen LogP contribution in [-0.2, 0) is 16.7 Å². The topological polar surface area (TPSA) is 104 Å². The number of rotatable bonds is 3. The Kier molecular flexibility index (Phi) is 3.58. The number of nitrogens with zero attached hydrogens (tertiary/aromatic N) is 1. The third-order valence-electron chi connectivity index (χ3n) is 3.18. The highest BCUT2D eigenvalue weighted by atomic mass is 32.2. The number of halogens is 1. The van der Waals surface area contributed by atoms with Crippen molar-refractivity contribution in [3.05, 3.63) is 35.4 Å². The molecule has 1 aromatic carbocycles. The lowest BCUT2D eigenvalue weighted by atomic mass is 10.1. The van der Waals surface area contributed by atoms with Crippen LogP contribution in [0.4, 0.5) is 4.39 Å². The smallest absolute Gasteiger partial charge is 0.340 e. The van der Waals surface area contributed by atoms with Crippen LogP contribution in [0, 0.1) is 12.3 Å². The van der Waals surface area contributed by atoms with E-state index in [9.17, 15) is 22.5 Å². The largest absolute Gasteiger partial charge is 0.352 e. The van der Waals surface area contributed by atoms with Gasteiger partial charge in [-0.2, -0.15) is 8.42 Å². The molecule has 1 aromatic rings. The predicted octanol–water partition coefficient (Wildman–Crippen LogP) is -0.0353. The summed E-state index contributed by atoms with van der Waals surface area (Å²) in [5, 5.41) is 9.78. The monoisotopic (exact) mass is 300 g/mol. The van der Waals surface area contributed by atoms with Gasteiger partial charge < -0.3 is 5.11 Å². The lowest BCUT2D eigenvalue weighted by molar-refractivity contribution is -0.0409. The minimum absolute atomic E-state index is 0.0104. The third-order valence-corrected chi connectivity index (χ3v) is 4.18. The molecule has 0 heterocycles. The molecule has 0 radical (unpaired) electrons. The van der Waals surface area contributed by atoms with Gasteiger partial charge in [-0.3, -0.25) is 10.3 Å². The first-order valence-corrected chi connectivity index (χ1v) is 7.06. The molecule has 0 amide bonds. The Hall–Kier alpha value is -1.50. The van der Waals surface area contributed by atoms with Crippen LogP contribution in [-0.4, -0.2) is 34.4 Å². The summed E-state index contributed by atoms with van der Waals surface area (Å²) in [5.74, 6) is -1.20. The summed E-state index contributed by atoms with van der Waals surface area (Å²) in [6.07, 6.45) is 3.23. The predicted molar refractivity (Wildman–Crippen MR) is 69.1 cm³/mol. The average Bonchev–Trinajstić information content (AvgIpc) is 2.65. The van der Waals surface area contributed by atoms with Crippen LogP contribution < -0.4 is 5.73 Å². The fourth-order valence-electron chi connectivity index (χ4n) is 2.39. The fourth-order valence-corrected chi connectivity index (χ4v) is 3.33. The van der Waals surface area contributed by atoms with E-state index in [0.717, 1.165) is 0 Å². The Balaban J connectivity index is 2.60. The van der Waals surface area contributed by atoms with Gasteiger partial charge in [-0.15, -0.1) is 10.7 Å². The van der Waals surface area contributed by atoms with Crippen LogP contribution in [0.5, 0.6) is 0 Å². The van der Waals surface area contributed by atoms with Crippen molar-refractivity contribution >= 4 is 10.3 Å². The quantitative estimate of drug-likeness (QED) is 0.413. The summed E-state index contributed by atoms with van der Waals surface area (Å²) in [7, 11) is -5.02. The Morgan fingerprint density at radius 1 is 1.50 bits per heavy atom. The maximum absolute atomic E-state index is 14.2. The van der Waals surface area contributed by atoms with Gasteiger partial charge in [0.25, 0.3) is 5.85 Å². The summed E-state index contributed by atoms with van der Waals surface area (Å²) < 4.78 is 46.3. The van der Waals surface area contributed by atoms with Crippen molar-refractivity contribution in [3.63, 3.8) is 0 Å². The van der Waals surface area contributed by atoms with Crippen LogP contribution in [0.15, 0.2) is 24.3 Å². The zero-order chi connectivity index (χ0) is 15.1. The maximum atomic E-state index is 14.2. The summed E-state index contributed by atoms with van der Waals surface area (Å²) in [6.45, 7) is 0. The van der Waals surface area contributed by atoms with E-state index in [1.807, 2.05) is 0 Å². The van der Waals surface area contributed by atoms with Crippen LogP contribution in [0.3, 0.4) is 0 Å². The van der Waals surface area contributed by atoms with Crippen LogP contribution in [0.2, 0.25) is 0 Å². The van der Waals surface area contributed by atoms with Gasteiger partial charge in [-0.25, -0.2) is 4.39 Å². The molecule has 3 atom stereocenters. The molecule has 8 heteroatoms. The van der Waals surface area contributed by atoms with E-state index < -0.39 is 28.4 Å². The zero-order valence-electron chi connectivity index (χ0n) is 10.3. The molecule has 1 aliphatic carbocycles.